The van der Waals surface area contributed by atoms with E-state index in [1.807, 2.05) is 36.6 Å². The SMILES string of the molecule is COc1cc(C2C3=CCC4C(=O)N(Cc5cccs5)C(=O)C4C3CC3C(=O)N(c4ccccc4)C(=O)C32C)ccc1O. The lowest BCUT2D eigenvalue weighted by atomic mass is 9.51. The molecular weight excluding hydrogens is 552 g/mol. The molecule has 9 heteroatoms. The van der Waals surface area contributed by atoms with Crippen molar-refractivity contribution in [1.82, 2.24) is 4.90 Å². The molecular formula is C33H30N2O6S. The van der Waals surface area contributed by atoms with E-state index in [9.17, 15) is 24.3 Å². The first kappa shape index (κ1) is 26.6. The number of ether oxygens (including phenoxy) is 1. The molecule has 1 saturated carbocycles. The number of carbonyl (C=O) groups excluding carboxylic acids is 4. The van der Waals surface area contributed by atoms with Crippen molar-refractivity contribution in [3.05, 3.63) is 88.1 Å². The molecule has 0 spiro atoms. The number of para-hydroxylation sites is 1. The van der Waals surface area contributed by atoms with Gasteiger partial charge in [-0.1, -0.05) is 42.0 Å². The number of fused-ring (bicyclic) bond motifs is 4. The van der Waals surface area contributed by atoms with Gasteiger partial charge in [0, 0.05) is 10.8 Å². The summed E-state index contributed by atoms with van der Waals surface area (Å²) in [5, 5.41) is 12.3. The summed E-state index contributed by atoms with van der Waals surface area (Å²) in [4.78, 5) is 59.7. The molecule has 2 aromatic carbocycles. The van der Waals surface area contributed by atoms with Crippen molar-refractivity contribution < 1.29 is 29.0 Å². The Bertz CT molecular complexity index is 1650. The van der Waals surface area contributed by atoms with E-state index in [0.29, 0.717) is 18.5 Å². The van der Waals surface area contributed by atoms with Gasteiger partial charge in [-0.3, -0.25) is 24.1 Å². The highest BCUT2D eigenvalue weighted by molar-refractivity contribution is 7.09. The van der Waals surface area contributed by atoms with E-state index >= 15 is 0 Å². The van der Waals surface area contributed by atoms with Crippen LogP contribution in [0, 0.1) is 29.1 Å². The second-order valence-electron chi connectivity index (χ2n) is 11.8. The molecule has 214 valence electrons. The molecule has 7 rings (SSSR count). The molecule has 0 bridgehead atoms. The van der Waals surface area contributed by atoms with Gasteiger partial charge in [0.15, 0.2) is 11.5 Å². The number of methoxy groups -OCH3 is 1. The molecule has 2 saturated heterocycles. The van der Waals surface area contributed by atoms with Gasteiger partial charge in [0.1, 0.15) is 0 Å². The van der Waals surface area contributed by atoms with E-state index in [-0.39, 0.29) is 47.6 Å². The van der Waals surface area contributed by atoms with Gasteiger partial charge < -0.3 is 9.84 Å². The first-order chi connectivity index (χ1) is 20.3. The van der Waals surface area contributed by atoms with Gasteiger partial charge in [-0.25, -0.2) is 4.90 Å². The van der Waals surface area contributed by atoms with Gasteiger partial charge in [-0.2, -0.15) is 0 Å². The van der Waals surface area contributed by atoms with Gasteiger partial charge >= 0.3 is 0 Å². The predicted octanol–water partition coefficient (Wildman–Crippen LogP) is 4.89. The van der Waals surface area contributed by atoms with Crippen molar-refractivity contribution in [3.63, 3.8) is 0 Å². The lowest BCUT2D eigenvalue weighted by Crippen LogP contribution is -2.48. The quantitative estimate of drug-likeness (QED) is 0.339. The number of phenols is 1. The molecule has 8 nitrogen and oxygen atoms in total. The van der Waals surface area contributed by atoms with Crippen LogP contribution in [0.3, 0.4) is 0 Å². The number of nitrogens with zero attached hydrogens (tertiary/aromatic N) is 2. The average Bonchev–Trinajstić information content (AvgIpc) is 3.65. The van der Waals surface area contributed by atoms with E-state index in [2.05, 4.69) is 0 Å². The highest BCUT2D eigenvalue weighted by atomic mass is 32.1. The lowest BCUT2D eigenvalue weighted by Gasteiger charge is -2.49. The van der Waals surface area contributed by atoms with Crippen LogP contribution in [0.5, 0.6) is 11.5 Å². The molecule has 1 aromatic heterocycles. The Morgan fingerprint density at radius 2 is 1.76 bits per heavy atom. The van der Waals surface area contributed by atoms with Crippen LogP contribution in [0.25, 0.3) is 0 Å². The summed E-state index contributed by atoms with van der Waals surface area (Å²) >= 11 is 1.50. The van der Waals surface area contributed by atoms with E-state index in [4.69, 9.17) is 4.74 Å². The molecule has 2 aliphatic carbocycles. The fourth-order valence-corrected chi connectivity index (χ4v) is 8.56. The maximum atomic E-state index is 14.4. The Balaban J connectivity index is 1.36. The molecule has 2 aliphatic heterocycles. The molecule has 4 aliphatic rings. The fourth-order valence-electron chi connectivity index (χ4n) is 7.87. The van der Waals surface area contributed by atoms with Crippen molar-refractivity contribution >= 4 is 40.7 Å². The lowest BCUT2D eigenvalue weighted by molar-refractivity contribution is -0.141. The van der Waals surface area contributed by atoms with Crippen molar-refractivity contribution in [2.75, 3.05) is 12.0 Å². The van der Waals surface area contributed by atoms with Crippen LogP contribution in [0.15, 0.2) is 77.7 Å². The number of allylic oxidation sites excluding steroid dienone is 2. The van der Waals surface area contributed by atoms with Gasteiger partial charge in [0.2, 0.25) is 23.6 Å². The van der Waals surface area contributed by atoms with Gasteiger partial charge in [-0.15, -0.1) is 11.3 Å². The molecule has 3 fully saturated rings. The minimum absolute atomic E-state index is 0.0338. The number of aromatic hydroxyl groups is 1. The number of thiophene rings is 1. The summed E-state index contributed by atoms with van der Waals surface area (Å²) in [7, 11) is 1.46. The summed E-state index contributed by atoms with van der Waals surface area (Å²) in [6, 6.07) is 17.7. The summed E-state index contributed by atoms with van der Waals surface area (Å²) in [6.07, 6.45) is 2.72. The highest BCUT2D eigenvalue weighted by Gasteiger charge is 2.67. The van der Waals surface area contributed by atoms with Crippen LogP contribution in [0.4, 0.5) is 5.69 Å². The van der Waals surface area contributed by atoms with Gasteiger partial charge in [0.25, 0.3) is 0 Å². The van der Waals surface area contributed by atoms with Crippen LogP contribution in [0.2, 0.25) is 0 Å². The summed E-state index contributed by atoms with van der Waals surface area (Å²) < 4.78 is 5.42. The third kappa shape index (κ3) is 3.65. The van der Waals surface area contributed by atoms with Gasteiger partial charge in [0.05, 0.1) is 42.5 Å². The minimum atomic E-state index is -1.15. The Labute approximate surface area is 247 Å². The third-order valence-electron chi connectivity index (χ3n) is 9.81. The smallest absolute Gasteiger partial charge is 0.241 e. The van der Waals surface area contributed by atoms with Crippen LogP contribution in [-0.4, -0.2) is 40.7 Å². The van der Waals surface area contributed by atoms with Crippen molar-refractivity contribution in [3.8, 4) is 11.5 Å². The van der Waals surface area contributed by atoms with Crippen molar-refractivity contribution in [2.24, 2.45) is 29.1 Å². The number of hydrogen-bond acceptors (Lipinski definition) is 7. The Hall–Kier alpha value is -4.24. The predicted molar refractivity (Wildman–Crippen MR) is 156 cm³/mol. The summed E-state index contributed by atoms with van der Waals surface area (Å²) in [5.74, 6) is -3.50. The number of hydrogen-bond donors (Lipinski definition) is 1. The maximum Gasteiger partial charge on any atom is 0.241 e. The topological polar surface area (TPSA) is 104 Å². The summed E-state index contributed by atoms with van der Waals surface area (Å²) in [5.41, 5.74) is 0.980. The Morgan fingerprint density at radius 1 is 0.976 bits per heavy atom. The van der Waals surface area contributed by atoms with E-state index in [1.165, 1.54) is 34.3 Å². The number of likely N-dealkylation sites (tertiary alicyclic amines) is 1. The Kier molecular flexibility index (Phi) is 6.13. The van der Waals surface area contributed by atoms with E-state index < -0.39 is 29.1 Å². The highest BCUT2D eigenvalue weighted by Crippen LogP contribution is 2.64. The maximum absolute atomic E-state index is 14.4. The Morgan fingerprint density at radius 3 is 2.48 bits per heavy atom. The largest absolute Gasteiger partial charge is 0.504 e. The van der Waals surface area contributed by atoms with Crippen LogP contribution < -0.4 is 9.64 Å². The van der Waals surface area contributed by atoms with Crippen molar-refractivity contribution in [2.45, 2.75) is 32.2 Å². The average molecular weight is 583 g/mol. The first-order valence-corrected chi connectivity index (χ1v) is 15.0. The van der Waals surface area contributed by atoms with Crippen LogP contribution in [0.1, 0.15) is 36.1 Å². The zero-order valence-electron chi connectivity index (χ0n) is 23.2. The molecule has 6 unspecified atom stereocenters. The standard InChI is InChI=1S/C33H30N2O6S/c1-33-24(30(38)35(32(33)40)19-7-4-3-5-8-19)16-23-21(28(33)18-10-13-25(36)26(15-18)41-2)11-12-22-27(23)31(39)34(29(22)37)17-20-9-6-14-42-20/h3-11,13-15,22-24,27-28,36H,12,16-17H2,1-2H3. The van der Waals surface area contributed by atoms with E-state index in [1.54, 1.807) is 36.4 Å². The number of carbonyl (C=O) groups is 4. The fraction of sp³-hybridized carbons (Fsp3) is 0.333. The molecule has 3 heterocycles. The van der Waals surface area contributed by atoms with E-state index in [0.717, 1.165) is 16.0 Å². The number of amides is 4. The van der Waals surface area contributed by atoms with Crippen molar-refractivity contribution in [1.29, 1.82) is 0 Å². The molecule has 1 N–H and O–H groups in total. The molecule has 4 amide bonds. The monoisotopic (exact) mass is 582 g/mol. The zero-order valence-corrected chi connectivity index (χ0v) is 24.0. The van der Waals surface area contributed by atoms with Crippen LogP contribution >= 0.6 is 11.3 Å². The molecule has 0 radical (unpaired) electrons. The number of benzene rings is 2. The third-order valence-corrected chi connectivity index (χ3v) is 10.7. The minimum Gasteiger partial charge on any atom is -0.504 e. The number of imide groups is 2. The zero-order chi connectivity index (χ0) is 29.3. The second-order valence-corrected chi connectivity index (χ2v) is 12.8. The van der Waals surface area contributed by atoms with Gasteiger partial charge in [-0.05, 0) is 67.0 Å². The number of rotatable bonds is 5. The molecule has 3 aromatic rings. The molecule has 42 heavy (non-hydrogen) atoms. The normalized spacial score (nSPS) is 30.2. The van der Waals surface area contributed by atoms with Crippen LogP contribution in [-0.2, 0) is 25.7 Å². The first-order valence-electron chi connectivity index (χ1n) is 14.1. The molecule has 6 atom stereocenters. The number of anilines is 1. The second kappa shape index (κ2) is 9.66. The number of phenolic OH excluding ortho intramolecular Hbond substituents is 1. The summed E-state index contributed by atoms with van der Waals surface area (Å²) in [6.45, 7) is 2.09.